The topological polar surface area (TPSA) is 85.2 Å². The molecule has 1 aliphatic rings. The summed E-state index contributed by atoms with van der Waals surface area (Å²) in [5.74, 6) is 0.249. The van der Waals surface area contributed by atoms with E-state index in [1.807, 2.05) is 12.1 Å². The van der Waals surface area contributed by atoms with Gasteiger partial charge in [0.25, 0.3) is 0 Å². The van der Waals surface area contributed by atoms with Crippen LogP contribution in [0, 0.1) is 0 Å². The second kappa shape index (κ2) is 11.8. The minimum Gasteiger partial charge on any atom is -0.379 e. The minimum absolute atomic E-state index is 0.0137. The van der Waals surface area contributed by atoms with Gasteiger partial charge in [-0.1, -0.05) is 75.0 Å². The lowest BCUT2D eigenvalue weighted by Gasteiger charge is -2.26. The van der Waals surface area contributed by atoms with Crippen molar-refractivity contribution in [2.24, 2.45) is 0 Å². The maximum Gasteiger partial charge on any atom is 0.230 e. The number of benzene rings is 2. The van der Waals surface area contributed by atoms with Gasteiger partial charge in [0.1, 0.15) is 5.52 Å². The number of nitrogens with zero attached hydrogens (tertiary/aromatic N) is 5. The average Bonchev–Trinajstić information content (AvgIpc) is 3.23. The number of fused-ring (bicyclic) bond motifs is 3. The molecule has 0 spiro atoms. The Balaban J connectivity index is 1.26. The molecule has 0 bridgehead atoms. The van der Waals surface area contributed by atoms with Crippen LogP contribution in [0.25, 0.3) is 22.1 Å². The average molecular weight is 533 g/mol. The van der Waals surface area contributed by atoms with Crippen LogP contribution in [0.2, 0.25) is 0 Å². The summed E-state index contributed by atoms with van der Waals surface area (Å²) < 4.78 is 7.58. The SMILES string of the molecule is CC(C)(C)c1ccc(Cn2c3ccccc3c3nnc(SCC(=O)NCCCN4CCOCC4)nc32)cc1. The van der Waals surface area contributed by atoms with Gasteiger partial charge in [0, 0.05) is 31.6 Å². The zero-order valence-electron chi connectivity index (χ0n) is 22.4. The minimum atomic E-state index is -0.0137. The van der Waals surface area contributed by atoms with Crippen molar-refractivity contribution in [3.05, 3.63) is 59.7 Å². The molecule has 1 aliphatic heterocycles. The van der Waals surface area contributed by atoms with Crippen LogP contribution in [0.4, 0.5) is 0 Å². The molecule has 1 amide bonds. The Morgan fingerprint density at radius 2 is 1.82 bits per heavy atom. The maximum atomic E-state index is 12.4. The highest BCUT2D eigenvalue weighted by Gasteiger charge is 2.17. The summed E-state index contributed by atoms with van der Waals surface area (Å²) >= 11 is 1.32. The van der Waals surface area contributed by atoms with Crippen molar-refractivity contribution >= 4 is 39.7 Å². The highest BCUT2D eigenvalue weighted by atomic mass is 32.2. The molecule has 1 saturated heterocycles. The third-order valence-electron chi connectivity index (χ3n) is 6.92. The van der Waals surface area contributed by atoms with Gasteiger partial charge in [-0.05, 0) is 35.6 Å². The van der Waals surface area contributed by atoms with E-state index in [-0.39, 0.29) is 17.1 Å². The van der Waals surface area contributed by atoms with Crippen LogP contribution in [0.5, 0.6) is 0 Å². The molecule has 38 heavy (non-hydrogen) atoms. The molecule has 0 unspecified atom stereocenters. The van der Waals surface area contributed by atoms with E-state index in [0.717, 1.165) is 61.3 Å². The number of hydrogen-bond acceptors (Lipinski definition) is 7. The van der Waals surface area contributed by atoms with E-state index < -0.39 is 0 Å². The van der Waals surface area contributed by atoms with Crippen LogP contribution in [0.3, 0.4) is 0 Å². The van der Waals surface area contributed by atoms with E-state index in [9.17, 15) is 4.79 Å². The van der Waals surface area contributed by atoms with Crippen molar-refractivity contribution in [1.82, 2.24) is 30.0 Å². The van der Waals surface area contributed by atoms with Gasteiger partial charge in [-0.15, -0.1) is 10.2 Å². The van der Waals surface area contributed by atoms with E-state index in [1.54, 1.807) is 0 Å². The zero-order valence-corrected chi connectivity index (χ0v) is 23.3. The number of aromatic nitrogens is 4. The van der Waals surface area contributed by atoms with Crippen molar-refractivity contribution in [3.63, 3.8) is 0 Å². The lowest BCUT2D eigenvalue weighted by molar-refractivity contribution is -0.118. The fourth-order valence-corrected chi connectivity index (χ4v) is 5.35. The van der Waals surface area contributed by atoms with Gasteiger partial charge < -0.3 is 14.6 Å². The summed E-state index contributed by atoms with van der Waals surface area (Å²) in [5, 5.41) is 13.4. The smallest absolute Gasteiger partial charge is 0.230 e. The zero-order chi connectivity index (χ0) is 26.5. The van der Waals surface area contributed by atoms with Gasteiger partial charge in [0.15, 0.2) is 5.65 Å². The second-order valence-corrected chi connectivity index (χ2v) is 11.7. The van der Waals surface area contributed by atoms with E-state index in [1.165, 1.54) is 22.9 Å². The fourth-order valence-electron chi connectivity index (χ4n) is 4.74. The predicted octanol–water partition coefficient (Wildman–Crippen LogP) is 4.26. The molecule has 0 radical (unpaired) electrons. The largest absolute Gasteiger partial charge is 0.379 e. The quantitative estimate of drug-likeness (QED) is 0.255. The first-order valence-electron chi connectivity index (χ1n) is 13.3. The summed E-state index contributed by atoms with van der Waals surface area (Å²) in [6, 6.07) is 17.0. The first-order valence-corrected chi connectivity index (χ1v) is 14.3. The van der Waals surface area contributed by atoms with Crippen LogP contribution >= 0.6 is 11.8 Å². The number of amides is 1. The van der Waals surface area contributed by atoms with Crippen molar-refractivity contribution in [3.8, 4) is 0 Å². The molecule has 0 atom stereocenters. The van der Waals surface area contributed by atoms with Crippen molar-refractivity contribution in [2.45, 2.75) is 44.3 Å². The Kier molecular flexibility index (Phi) is 8.26. The molecule has 8 nitrogen and oxygen atoms in total. The molecule has 2 aromatic heterocycles. The molecule has 5 rings (SSSR count). The highest BCUT2D eigenvalue weighted by molar-refractivity contribution is 7.99. The van der Waals surface area contributed by atoms with Crippen molar-refractivity contribution < 1.29 is 9.53 Å². The molecule has 0 aliphatic carbocycles. The van der Waals surface area contributed by atoms with Crippen molar-refractivity contribution in [1.29, 1.82) is 0 Å². The lowest BCUT2D eigenvalue weighted by Crippen LogP contribution is -2.38. The summed E-state index contributed by atoms with van der Waals surface area (Å²) in [6.45, 7) is 12.5. The van der Waals surface area contributed by atoms with Crippen LogP contribution in [0.15, 0.2) is 53.7 Å². The van der Waals surface area contributed by atoms with Gasteiger partial charge >= 0.3 is 0 Å². The number of hydrogen-bond donors (Lipinski definition) is 1. The number of para-hydroxylation sites is 1. The van der Waals surface area contributed by atoms with Gasteiger partial charge in [-0.25, -0.2) is 4.98 Å². The van der Waals surface area contributed by atoms with Gasteiger partial charge in [-0.2, -0.15) is 0 Å². The molecule has 1 N–H and O–H groups in total. The molecular formula is C29H36N6O2S. The van der Waals surface area contributed by atoms with E-state index in [4.69, 9.17) is 9.72 Å². The summed E-state index contributed by atoms with van der Waals surface area (Å²) in [5.41, 5.74) is 5.27. The normalized spacial score (nSPS) is 14.8. The molecule has 4 aromatic rings. The Morgan fingerprint density at radius 3 is 2.58 bits per heavy atom. The molecule has 0 saturated carbocycles. The number of thioether (sulfide) groups is 1. The third kappa shape index (κ3) is 6.34. The second-order valence-electron chi connectivity index (χ2n) is 10.8. The molecular weight excluding hydrogens is 496 g/mol. The number of nitrogens with one attached hydrogen (secondary N) is 1. The Bertz CT molecular complexity index is 1390. The number of carbonyl (C=O) groups excluding carboxylic acids is 1. The Hall–Kier alpha value is -3.01. The van der Waals surface area contributed by atoms with Gasteiger partial charge in [0.2, 0.25) is 11.1 Å². The first kappa shape index (κ1) is 26.6. The Labute approximate surface area is 228 Å². The maximum absolute atomic E-state index is 12.4. The lowest BCUT2D eigenvalue weighted by atomic mass is 9.87. The van der Waals surface area contributed by atoms with E-state index in [2.05, 4.69) is 82.2 Å². The first-order chi connectivity index (χ1) is 18.4. The number of carbonyl (C=O) groups is 1. The summed E-state index contributed by atoms with van der Waals surface area (Å²) in [6.07, 6.45) is 0.928. The molecule has 2 aromatic carbocycles. The number of morpholine rings is 1. The third-order valence-corrected chi connectivity index (χ3v) is 7.76. The Morgan fingerprint density at radius 1 is 1.05 bits per heavy atom. The van der Waals surface area contributed by atoms with Crippen LogP contribution in [-0.2, 0) is 21.5 Å². The van der Waals surface area contributed by atoms with E-state index in [0.29, 0.717) is 18.2 Å². The fraction of sp³-hybridized carbons (Fsp3) is 0.448. The predicted molar refractivity (Wildman–Crippen MR) is 153 cm³/mol. The molecule has 9 heteroatoms. The number of rotatable bonds is 9. The van der Waals surface area contributed by atoms with E-state index >= 15 is 0 Å². The summed E-state index contributed by atoms with van der Waals surface area (Å²) in [4.78, 5) is 19.7. The van der Waals surface area contributed by atoms with Gasteiger partial charge in [-0.3, -0.25) is 9.69 Å². The molecule has 200 valence electrons. The highest BCUT2D eigenvalue weighted by Crippen LogP contribution is 2.29. The van der Waals surface area contributed by atoms with Crippen LogP contribution in [-0.4, -0.2) is 75.7 Å². The van der Waals surface area contributed by atoms with Crippen LogP contribution in [0.1, 0.15) is 38.3 Å². The summed E-state index contributed by atoms with van der Waals surface area (Å²) in [7, 11) is 0. The standard InChI is InChI=1S/C29H36N6O2S/c1-29(2,3)22-11-9-21(10-12-22)19-35-24-8-5-4-7-23(24)26-27(35)31-28(33-32-26)38-20-25(36)30-13-6-14-34-15-17-37-18-16-34/h4-5,7-12H,6,13-20H2,1-3H3,(H,30,36). The monoisotopic (exact) mass is 532 g/mol. The molecule has 1 fully saturated rings. The van der Waals surface area contributed by atoms with Gasteiger partial charge in [0.05, 0.1) is 24.5 Å². The van der Waals surface area contributed by atoms with Crippen molar-refractivity contribution in [2.75, 3.05) is 45.1 Å². The number of ether oxygens (including phenoxy) is 1. The van der Waals surface area contributed by atoms with Crippen LogP contribution < -0.4 is 5.32 Å². The molecule has 3 heterocycles.